The number of aromatic amines is 1. The molecule has 0 aromatic carbocycles. The van der Waals surface area contributed by atoms with Crippen LogP contribution < -0.4 is 10.9 Å². The predicted molar refractivity (Wildman–Crippen MR) is 65.0 cm³/mol. The zero-order valence-corrected chi connectivity index (χ0v) is 9.80. The van der Waals surface area contributed by atoms with Gasteiger partial charge in [0.1, 0.15) is 5.69 Å². The van der Waals surface area contributed by atoms with Crippen molar-refractivity contribution in [2.24, 2.45) is 0 Å². The molecule has 0 aliphatic heterocycles. The first kappa shape index (κ1) is 12.0. The summed E-state index contributed by atoms with van der Waals surface area (Å²) >= 11 is 0. The summed E-state index contributed by atoms with van der Waals surface area (Å²) in [5, 5.41) is 8.54. The van der Waals surface area contributed by atoms with E-state index >= 15 is 0 Å². The van der Waals surface area contributed by atoms with Gasteiger partial charge in [0.2, 0.25) is 0 Å². The lowest BCUT2D eigenvalue weighted by Crippen LogP contribution is -2.26. The quantitative estimate of drug-likeness (QED) is 0.818. The highest BCUT2D eigenvalue weighted by molar-refractivity contribution is 5.91. The molecule has 0 aliphatic carbocycles. The largest absolute Gasteiger partial charge is 0.345 e. The lowest BCUT2D eigenvalue weighted by atomic mass is 10.2. The summed E-state index contributed by atoms with van der Waals surface area (Å²) in [4.78, 5) is 26.7. The van der Waals surface area contributed by atoms with Crippen LogP contribution in [0.1, 0.15) is 21.7 Å². The predicted octanol–water partition coefficient (Wildman–Crippen LogP) is 0.403. The van der Waals surface area contributed by atoms with E-state index in [-0.39, 0.29) is 17.2 Å². The van der Waals surface area contributed by atoms with Crippen molar-refractivity contribution in [2.45, 2.75) is 13.5 Å². The van der Waals surface area contributed by atoms with Crippen LogP contribution in [0.15, 0.2) is 35.3 Å². The first-order valence-electron chi connectivity index (χ1n) is 5.41. The molecule has 6 nitrogen and oxygen atoms in total. The molecule has 92 valence electrons. The van der Waals surface area contributed by atoms with Gasteiger partial charge in [0.25, 0.3) is 11.5 Å². The van der Waals surface area contributed by atoms with Crippen LogP contribution in [0.5, 0.6) is 0 Å². The van der Waals surface area contributed by atoms with E-state index in [0.29, 0.717) is 6.54 Å². The van der Waals surface area contributed by atoms with Crippen LogP contribution in [-0.4, -0.2) is 21.1 Å². The minimum Gasteiger partial charge on any atom is -0.345 e. The van der Waals surface area contributed by atoms with Crippen LogP contribution in [-0.2, 0) is 6.54 Å². The van der Waals surface area contributed by atoms with Crippen LogP contribution in [0.4, 0.5) is 0 Å². The Morgan fingerprint density at radius 1 is 1.39 bits per heavy atom. The smallest absolute Gasteiger partial charge is 0.272 e. The van der Waals surface area contributed by atoms with Crippen molar-refractivity contribution in [3.05, 3.63) is 57.8 Å². The number of H-pyrrole nitrogens is 1. The fourth-order valence-corrected chi connectivity index (χ4v) is 1.43. The summed E-state index contributed by atoms with van der Waals surface area (Å²) in [6.07, 6.45) is 1.67. The van der Waals surface area contributed by atoms with Gasteiger partial charge in [0, 0.05) is 12.3 Å². The van der Waals surface area contributed by atoms with Crippen molar-refractivity contribution >= 4 is 5.91 Å². The van der Waals surface area contributed by atoms with Gasteiger partial charge in [-0.15, -0.1) is 0 Å². The molecule has 0 saturated heterocycles. The molecule has 2 N–H and O–H groups in total. The molecule has 0 aliphatic rings. The van der Waals surface area contributed by atoms with Gasteiger partial charge >= 0.3 is 0 Å². The van der Waals surface area contributed by atoms with Crippen molar-refractivity contribution in [1.82, 2.24) is 20.5 Å². The van der Waals surface area contributed by atoms with Crippen LogP contribution in [0.3, 0.4) is 0 Å². The SMILES string of the molecule is Cc1cccnc1CNC(=O)c1ccc(=O)[nH]n1. The normalized spacial score (nSPS) is 10.1. The van der Waals surface area contributed by atoms with E-state index in [1.54, 1.807) is 6.20 Å². The summed E-state index contributed by atoms with van der Waals surface area (Å²) in [5.41, 5.74) is 1.64. The van der Waals surface area contributed by atoms with E-state index in [0.717, 1.165) is 11.3 Å². The number of pyridine rings is 1. The standard InChI is InChI=1S/C12H12N4O2/c1-8-3-2-6-13-10(8)7-14-12(18)9-4-5-11(17)16-15-9/h2-6H,7H2,1H3,(H,14,18)(H,16,17). The van der Waals surface area contributed by atoms with Crippen LogP contribution in [0.2, 0.25) is 0 Å². The Morgan fingerprint density at radius 2 is 2.22 bits per heavy atom. The number of carbonyl (C=O) groups is 1. The van der Waals surface area contributed by atoms with Gasteiger partial charge in [-0.1, -0.05) is 6.07 Å². The highest BCUT2D eigenvalue weighted by Crippen LogP contribution is 2.02. The number of hydrogen-bond acceptors (Lipinski definition) is 4. The Bertz CT molecular complexity index is 601. The fraction of sp³-hybridized carbons (Fsp3) is 0.167. The molecule has 0 atom stereocenters. The third-order valence-corrected chi connectivity index (χ3v) is 2.45. The Labute approximate surface area is 103 Å². The van der Waals surface area contributed by atoms with Gasteiger partial charge in [-0.25, -0.2) is 5.10 Å². The summed E-state index contributed by atoms with van der Waals surface area (Å²) < 4.78 is 0. The van der Waals surface area contributed by atoms with E-state index in [4.69, 9.17) is 0 Å². The molecule has 2 aromatic heterocycles. The van der Waals surface area contributed by atoms with Gasteiger partial charge in [-0.3, -0.25) is 14.6 Å². The first-order chi connectivity index (χ1) is 8.66. The van der Waals surface area contributed by atoms with Crippen molar-refractivity contribution in [3.8, 4) is 0 Å². The zero-order valence-electron chi connectivity index (χ0n) is 9.80. The van der Waals surface area contributed by atoms with Crippen LogP contribution in [0.25, 0.3) is 0 Å². The topological polar surface area (TPSA) is 87.7 Å². The van der Waals surface area contributed by atoms with Gasteiger partial charge in [-0.2, -0.15) is 5.10 Å². The summed E-state index contributed by atoms with van der Waals surface area (Å²) in [7, 11) is 0. The number of nitrogens with one attached hydrogen (secondary N) is 2. The monoisotopic (exact) mass is 244 g/mol. The van der Waals surface area contributed by atoms with E-state index in [1.165, 1.54) is 12.1 Å². The Balaban J connectivity index is 2.03. The average molecular weight is 244 g/mol. The number of aryl methyl sites for hydroxylation is 1. The second-order valence-corrected chi connectivity index (χ2v) is 3.76. The van der Waals surface area contributed by atoms with E-state index in [9.17, 15) is 9.59 Å². The summed E-state index contributed by atoms with van der Waals surface area (Å²) in [6, 6.07) is 6.39. The van der Waals surface area contributed by atoms with E-state index in [2.05, 4.69) is 20.5 Å². The zero-order chi connectivity index (χ0) is 13.0. The second kappa shape index (κ2) is 5.22. The molecule has 0 spiro atoms. The Morgan fingerprint density at radius 3 is 2.89 bits per heavy atom. The fourth-order valence-electron chi connectivity index (χ4n) is 1.43. The van der Waals surface area contributed by atoms with Gasteiger partial charge in [0.05, 0.1) is 12.2 Å². The van der Waals surface area contributed by atoms with Crippen molar-refractivity contribution < 1.29 is 4.79 Å². The van der Waals surface area contributed by atoms with Crippen LogP contribution >= 0.6 is 0 Å². The molecule has 0 bridgehead atoms. The highest BCUT2D eigenvalue weighted by atomic mass is 16.2. The minimum absolute atomic E-state index is 0.170. The molecule has 0 saturated carbocycles. The lowest BCUT2D eigenvalue weighted by molar-refractivity contribution is 0.0944. The number of carbonyl (C=O) groups excluding carboxylic acids is 1. The molecule has 2 aromatic rings. The number of nitrogens with zero attached hydrogens (tertiary/aromatic N) is 2. The third-order valence-electron chi connectivity index (χ3n) is 2.45. The van der Waals surface area contributed by atoms with Crippen molar-refractivity contribution in [1.29, 1.82) is 0 Å². The Kier molecular flexibility index (Phi) is 3.47. The Hall–Kier alpha value is -2.50. The maximum absolute atomic E-state index is 11.7. The molecule has 6 heteroatoms. The molecule has 0 fully saturated rings. The number of aromatic nitrogens is 3. The summed E-state index contributed by atoms with van der Waals surface area (Å²) in [5.74, 6) is -0.351. The molecule has 2 heterocycles. The molecule has 1 amide bonds. The molecule has 0 unspecified atom stereocenters. The van der Waals surface area contributed by atoms with Gasteiger partial charge in [-0.05, 0) is 24.6 Å². The van der Waals surface area contributed by atoms with E-state index < -0.39 is 0 Å². The number of rotatable bonds is 3. The van der Waals surface area contributed by atoms with E-state index in [1.807, 2.05) is 19.1 Å². The second-order valence-electron chi connectivity index (χ2n) is 3.76. The maximum atomic E-state index is 11.7. The van der Waals surface area contributed by atoms with Crippen molar-refractivity contribution in [3.63, 3.8) is 0 Å². The van der Waals surface area contributed by atoms with Crippen molar-refractivity contribution in [2.75, 3.05) is 0 Å². The van der Waals surface area contributed by atoms with Gasteiger partial charge < -0.3 is 5.32 Å². The lowest BCUT2D eigenvalue weighted by Gasteiger charge is -2.05. The van der Waals surface area contributed by atoms with Crippen LogP contribution in [0, 0.1) is 6.92 Å². The first-order valence-corrected chi connectivity index (χ1v) is 5.41. The third kappa shape index (κ3) is 2.79. The molecule has 2 rings (SSSR count). The number of amides is 1. The summed E-state index contributed by atoms with van der Waals surface area (Å²) in [6.45, 7) is 2.25. The molecule has 18 heavy (non-hydrogen) atoms. The highest BCUT2D eigenvalue weighted by Gasteiger charge is 2.07. The average Bonchev–Trinajstić information content (AvgIpc) is 2.38. The minimum atomic E-state index is -0.351. The maximum Gasteiger partial charge on any atom is 0.272 e. The molecular formula is C12H12N4O2. The molecular weight excluding hydrogens is 232 g/mol. The molecule has 0 radical (unpaired) electrons. The van der Waals surface area contributed by atoms with Gasteiger partial charge in [0.15, 0.2) is 0 Å². The number of hydrogen-bond donors (Lipinski definition) is 2.